The van der Waals surface area contributed by atoms with Crippen LogP contribution in [0.5, 0.6) is 11.5 Å². The Morgan fingerprint density at radius 1 is 1.17 bits per heavy atom. The first-order chi connectivity index (χ1) is 14.2. The average Bonchev–Trinajstić information content (AvgIpc) is 3.44. The second kappa shape index (κ2) is 6.48. The Kier molecular flexibility index (Phi) is 3.79. The second-order valence-corrected chi connectivity index (χ2v) is 6.26. The van der Waals surface area contributed by atoms with Crippen molar-refractivity contribution >= 4 is 11.6 Å². The molecule has 2 N–H and O–H groups in total. The molecule has 5 rings (SSSR count). The summed E-state index contributed by atoms with van der Waals surface area (Å²) in [6, 6.07) is 8.43. The average molecular weight is 393 g/mol. The lowest BCUT2D eigenvalue weighted by molar-refractivity contribution is 0.354. The summed E-state index contributed by atoms with van der Waals surface area (Å²) in [5.74, 6) is 1.95. The number of ether oxygens (including phenoxy) is 2. The molecular formula is C18H15N7O4. The highest BCUT2D eigenvalue weighted by atomic mass is 16.5. The number of tetrazole rings is 1. The first kappa shape index (κ1) is 17.0. The Hall–Kier alpha value is -4.15. The van der Waals surface area contributed by atoms with E-state index in [0.717, 1.165) is 5.56 Å². The van der Waals surface area contributed by atoms with Gasteiger partial charge in [-0.05, 0) is 40.3 Å². The molecule has 4 aromatic rings. The minimum atomic E-state index is -0.550. The molecule has 1 atom stereocenters. The van der Waals surface area contributed by atoms with E-state index >= 15 is 0 Å². The SMILES string of the molecule is COc1ccc([C@H]2c3c(-c4ccco4)n[nH]c(=O)c3Nc3nnnn32)cc1OC. The summed E-state index contributed by atoms with van der Waals surface area (Å²) in [5.41, 5.74) is 1.73. The third-order valence-electron chi connectivity index (χ3n) is 4.75. The summed E-state index contributed by atoms with van der Waals surface area (Å²) in [4.78, 5) is 12.6. The van der Waals surface area contributed by atoms with E-state index in [4.69, 9.17) is 13.9 Å². The number of aromatic nitrogens is 6. The van der Waals surface area contributed by atoms with Gasteiger partial charge in [0, 0.05) is 5.56 Å². The molecule has 0 spiro atoms. The Morgan fingerprint density at radius 3 is 2.79 bits per heavy atom. The number of fused-ring (bicyclic) bond motifs is 2. The zero-order chi connectivity index (χ0) is 20.0. The fourth-order valence-corrected chi connectivity index (χ4v) is 3.47. The van der Waals surface area contributed by atoms with E-state index in [-0.39, 0.29) is 0 Å². The standard InChI is InChI=1S/C18H15N7O4/c1-27-10-6-5-9(8-12(10)28-2)16-13-14(11-4-3-7-29-11)20-21-17(26)15(13)19-18-22-23-24-25(16)18/h3-8,16H,1-2H3,(H,21,26)(H,19,22,24)/t16-/m0/s1. The van der Waals surface area contributed by atoms with Crippen molar-refractivity contribution in [3.63, 3.8) is 0 Å². The minimum Gasteiger partial charge on any atom is -0.493 e. The summed E-state index contributed by atoms with van der Waals surface area (Å²) in [6.07, 6.45) is 1.54. The maximum absolute atomic E-state index is 12.6. The van der Waals surface area contributed by atoms with Gasteiger partial charge < -0.3 is 19.2 Å². The lowest BCUT2D eigenvalue weighted by atomic mass is 9.94. The van der Waals surface area contributed by atoms with Crippen LogP contribution >= 0.6 is 0 Å². The maximum atomic E-state index is 12.6. The number of benzene rings is 1. The number of aromatic amines is 1. The van der Waals surface area contributed by atoms with Gasteiger partial charge in [0.2, 0.25) is 5.95 Å². The molecule has 0 saturated carbocycles. The number of nitrogens with one attached hydrogen (secondary N) is 2. The van der Waals surface area contributed by atoms with Crippen molar-refractivity contribution < 1.29 is 13.9 Å². The number of hydrogen-bond donors (Lipinski definition) is 2. The molecule has 0 radical (unpaired) electrons. The molecule has 0 aliphatic carbocycles. The van der Waals surface area contributed by atoms with Crippen LogP contribution in [0.2, 0.25) is 0 Å². The van der Waals surface area contributed by atoms with Crippen LogP contribution in [0, 0.1) is 0 Å². The van der Waals surface area contributed by atoms with Gasteiger partial charge in [0.1, 0.15) is 17.4 Å². The lowest BCUT2D eigenvalue weighted by Crippen LogP contribution is -2.29. The van der Waals surface area contributed by atoms with Crippen molar-refractivity contribution in [3.05, 3.63) is 58.1 Å². The third-order valence-corrected chi connectivity index (χ3v) is 4.75. The van der Waals surface area contributed by atoms with Crippen molar-refractivity contribution in [1.29, 1.82) is 0 Å². The van der Waals surface area contributed by atoms with Gasteiger partial charge >= 0.3 is 0 Å². The molecule has 1 aliphatic rings. The molecule has 146 valence electrons. The van der Waals surface area contributed by atoms with Gasteiger partial charge in [-0.2, -0.15) is 9.78 Å². The fourth-order valence-electron chi connectivity index (χ4n) is 3.47. The number of furan rings is 1. The van der Waals surface area contributed by atoms with Gasteiger partial charge in [-0.25, -0.2) is 5.10 Å². The lowest BCUT2D eigenvalue weighted by Gasteiger charge is -2.27. The highest BCUT2D eigenvalue weighted by Crippen LogP contribution is 2.42. The Bertz CT molecular complexity index is 1250. The molecule has 29 heavy (non-hydrogen) atoms. The van der Waals surface area contributed by atoms with E-state index in [1.807, 2.05) is 12.1 Å². The first-order valence-corrected chi connectivity index (χ1v) is 8.64. The topological polar surface area (TPSA) is 133 Å². The molecule has 3 aromatic heterocycles. The fraction of sp³-hybridized carbons (Fsp3) is 0.167. The predicted octanol–water partition coefficient (Wildman–Crippen LogP) is 1.73. The van der Waals surface area contributed by atoms with Crippen LogP contribution in [0.3, 0.4) is 0 Å². The highest BCUT2D eigenvalue weighted by Gasteiger charge is 2.35. The number of hydrogen-bond acceptors (Lipinski definition) is 9. The van der Waals surface area contributed by atoms with E-state index in [0.29, 0.717) is 40.2 Å². The van der Waals surface area contributed by atoms with Crippen LogP contribution in [-0.2, 0) is 0 Å². The molecule has 11 heteroatoms. The van der Waals surface area contributed by atoms with E-state index in [2.05, 4.69) is 31.0 Å². The number of rotatable bonds is 4. The molecule has 0 fully saturated rings. The van der Waals surface area contributed by atoms with E-state index in [1.54, 1.807) is 43.4 Å². The number of H-pyrrole nitrogens is 1. The predicted molar refractivity (Wildman–Crippen MR) is 100 cm³/mol. The maximum Gasteiger partial charge on any atom is 0.288 e. The molecule has 1 aliphatic heterocycles. The van der Waals surface area contributed by atoms with Crippen molar-refractivity contribution in [3.8, 4) is 23.0 Å². The molecule has 4 heterocycles. The Balaban J connectivity index is 1.80. The van der Waals surface area contributed by atoms with Crippen molar-refractivity contribution in [2.24, 2.45) is 0 Å². The van der Waals surface area contributed by atoms with E-state index < -0.39 is 11.6 Å². The van der Waals surface area contributed by atoms with Gasteiger partial charge in [0.15, 0.2) is 17.3 Å². The van der Waals surface area contributed by atoms with Crippen molar-refractivity contribution in [2.75, 3.05) is 19.5 Å². The number of methoxy groups -OCH3 is 2. The third kappa shape index (κ3) is 2.55. The minimum absolute atomic E-state index is 0.300. The van der Waals surface area contributed by atoms with E-state index in [9.17, 15) is 4.79 Å². The van der Waals surface area contributed by atoms with Gasteiger partial charge in [0.25, 0.3) is 5.56 Å². The van der Waals surface area contributed by atoms with Crippen LogP contribution in [0.1, 0.15) is 17.2 Å². The smallest absolute Gasteiger partial charge is 0.288 e. The summed E-state index contributed by atoms with van der Waals surface area (Å²) < 4.78 is 17.9. The van der Waals surface area contributed by atoms with Crippen LogP contribution in [-0.4, -0.2) is 44.6 Å². The normalized spacial score (nSPS) is 14.6. The van der Waals surface area contributed by atoms with Gasteiger partial charge in [0.05, 0.1) is 20.5 Å². The Labute approximate surface area is 163 Å². The van der Waals surface area contributed by atoms with E-state index in [1.165, 1.54) is 0 Å². The number of nitrogens with zero attached hydrogens (tertiary/aromatic N) is 5. The van der Waals surface area contributed by atoms with Crippen LogP contribution in [0.4, 0.5) is 11.6 Å². The molecule has 0 saturated heterocycles. The van der Waals surface area contributed by atoms with Crippen molar-refractivity contribution in [1.82, 2.24) is 30.4 Å². The highest BCUT2D eigenvalue weighted by molar-refractivity contribution is 5.73. The molecular weight excluding hydrogens is 378 g/mol. The zero-order valence-electron chi connectivity index (χ0n) is 15.4. The van der Waals surface area contributed by atoms with Crippen LogP contribution in [0.15, 0.2) is 45.8 Å². The van der Waals surface area contributed by atoms with Crippen LogP contribution in [0.25, 0.3) is 11.5 Å². The monoisotopic (exact) mass is 393 g/mol. The van der Waals surface area contributed by atoms with Gasteiger partial charge in [-0.3, -0.25) is 4.79 Å². The molecule has 0 amide bonds. The van der Waals surface area contributed by atoms with Crippen LogP contribution < -0.4 is 20.3 Å². The quantitative estimate of drug-likeness (QED) is 0.468. The van der Waals surface area contributed by atoms with Crippen molar-refractivity contribution in [2.45, 2.75) is 6.04 Å². The van der Waals surface area contributed by atoms with Gasteiger partial charge in [-0.1, -0.05) is 11.2 Å². The first-order valence-electron chi connectivity index (χ1n) is 8.64. The summed E-state index contributed by atoms with van der Waals surface area (Å²) in [7, 11) is 3.12. The summed E-state index contributed by atoms with van der Waals surface area (Å²) in [6.45, 7) is 0. The second-order valence-electron chi connectivity index (χ2n) is 6.26. The largest absolute Gasteiger partial charge is 0.493 e. The molecule has 11 nitrogen and oxygen atoms in total. The molecule has 1 aromatic carbocycles. The number of anilines is 2. The Morgan fingerprint density at radius 2 is 2.03 bits per heavy atom. The molecule has 0 unspecified atom stereocenters. The summed E-state index contributed by atoms with van der Waals surface area (Å²) >= 11 is 0. The zero-order valence-corrected chi connectivity index (χ0v) is 15.4. The van der Waals surface area contributed by atoms with Gasteiger partial charge in [-0.15, -0.1) is 0 Å². The summed E-state index contributed by atoms with van der Waals surface area (Å²) in [5, 5.41) is 21.6. The molecule has 0 bridgehead atoms.